The number of nitrogens with one attached hydrogen (secondary N) is 1. The zero-order chi connectivity index (χ0) is 13.8. The number of rotatable bonds is 7. The van der Waals surface area contributed by atoms with Crippen LogP contribution in [-0.4, -0.2) is 14.5 Å². The molecule has 0 saturated heterocycles. The van der Waals surface area contributed by atoms with Gasteiger partial charge in [-0.15, -0.1) is 11.3 Å². The summed E-state index contributed by atoms with van der Waals surface area (Å²) in [6.07, 6.45) is 2.93. The Morgan fingerprint density at radius 1 is 1.56 bits per heavy atom. The lowest BCUT2D eigenvalue weighted by atomic mass is 10.2. The smallest absolute Gasteiger partial charge is 0.242 e. The standard InChI is InChI=1S/C11H19BrN2O2S2/c1-3-4-5-8(2)14-18(15,16)10-6-9(7-13)17-11(10)12/h6,8,14H,3-5,7,13H2,1-2H3. The van der Waals surface area contributed by atoms with E-state index in [9.17, 15) is 8.42 Å². The summed E-state index contributed by atoms with van der Waals surface area (Å²) in [4.78, 5) is 1.14. The lowest BCUT2D eigenvalue weighted by Crippen LogP contribution is -2.32. The van der Waals surface area contributed by atoms with Crippen LogP contribution in [0.5, 0.6) is 0 Å². The highest BCUT2D eigenvalue weighted by molar-refractivity contribution is 9.11. The van der Waals surface area contributed by atoms with Crippen LogP contribution in [0.2, 0.25) is 0 Å². The minimum Gasteiger partial charge on any atom is -0.326 e. The summed E-state index contributed by atoms with van der Waals surface area (Å²) in [7, 11) is -3.45. The first-order valence-corrected chi connectivity index (χ1v) is 9.00. The summed E-state index contributed by atoms with van der Waals surface area (Å²) in [5.41, 5.74) is 5.52. The van der Waals surface area contributed by atoms with Gasteiger partial charge in [0.25, 0.3) is 0 Å². The van der Waals surface area contributed by atoms with E-state index in [1.54, 1.807) is 6.07 Å². The van der Waals surface area contributed by atoms with Gasteiger partial charge in [-0.25, -0.2) is 13.1 Å². The van der Waals surface area contributed by atoms with Gasteiger partial charge in [-0.2, -0.15) is 0 Å². The summed E-state index contributed by atoms with van der Waals surface area (Å²) < 4.78 is 27.7. The summed E-state index contributed by atoms with van der Waals surface area (Å²) in [6, 6.07) is 1.58. The Balaban J connectivity index is 2.82. The zero-order valence-electron chi connectivity index (χ0n) is 10.6. The molecule has 0 saturated carbocycles. The van der Waals surface area contributed by atoms with Crippen LogP contribution < -0.4 is 10.5 Å². The van der Waals surface area contributed by atoms with Crippen molar-refractivity contribution in [2.24, 2.45) is 5.73 Å². The van der Waals surface area contributed by atoms with Crippen LogP contribution in [0.15, 0.2) is 14.7 Å². The van der Waals surface area contributed by atoms with Gasteiger partial charge in [0.1, 0.15) is 4.90 Å². The van der Waals surface area contributed by atoms with Gasteiger partial charge in [-0.05, 0) is 35.3 Å². The fourth-order valence-electron chi connectivity index (χ4n) is 1.58. The van der Waals surface area contributed by atoms with Gasteiger partial charge < -0.3 is 5.73 Å². The van der Waals surface area contributed by atoms with Crippen molar-refractivity contribution in [1.82, 2.24) is 4.72 Å². The summed E-state index contributed by atoms with van der Waals surface area (Å²) in [6.45, 7) is 4.33. The van der Waals surface area contributed by atoms with Crippen molar-refractivity contribution in [3.05, 3.63) is 14.7 Å². The normalized spacial score (nSPS) is 13.8. The molecule has 0 fully saturated rings. The number of nitrogens with two attached hydrogens (primary N) is 1. The Bertz CT molecular complexity index is 485. The first-order chi connectivity index (χ1) is 8.40. The zero-order valence-corrected chi connectivity index (χ0v) is 13.8. The molecule has 7 heteroatoms. The summed E-state index contributed by atoms with van der Waals surface area (Å²) in [5.74, 6) is 0. The van der Waals surface area contributed by atoms with Crippen molar-refractivity contribution in [2.45, 2.75) is 50.6 Å². The Morgan fingerprint density at radius 3 is 2.72 bits per heavy atom. The maximum absolute atomic E-state index is 12.2. The molecule has 3 N–H and O–H groups in total. The Labute approximate surface area is 121 Å². The largest absolute Gasteiger partial charge is 0.326 e. The minimum absolute atomic E-state index is 0.0527. The maximum Gasteiger partial charge on any atom is 0.242 e. The number of sulfonamides is 1. The molecule has 0 spiro atoms. The number of thiophene rings is 1. The molecule has 0 aliphatic rings. The third-order valence-corrected chi connectivity index (χ3v) is 6.41. The Kier molecular flexibility index (Phi) is 6.26. The minimum atomic E-state index is -3.45. The van der Waals surface area contributed by atoms with Gasteiger partial charge in [0, 0.05) is 17.5 Å². The van der Waals surface area contributed by atoms with Gasteiger partial charge in [-0.3, -0.25) is 0 Å². The Morgan fingerprint density at radius 2 is 2.22 bits per heavy atom. The van der Waals surface area contributed by atoms with Crippen LogP contribution in [0.25, 0.3) is 0 Å². The SMILES string of the molecule is CCCCC(C)NS(=O)(=O)c1cc(CN)sc1Br. The predicted octanol–water partition coefficient (Wildman–Crippen LogP) is 2.83. The monoisotopic (exact) mass is 354 g/mol. The Hall–Kier alpha value is 0.0500. The van der Waals surface area contributed by atoms with Crippen LogP contribution >= 0.6 is 27.3 Å². The van der Waals surface area contributed by atoms with E-state index >= 15 is 0 Å². The van der Waals surface area contributed by atoms with E-state index in [1.807, 2.05) is 6.92 Å². The number of hydrogen-bond acceptors (Lipinski definition) is 4. The molecule has 0 radical (unpaired) electrons. The van der Waals surface area contributed by atoms with Gasteiger partial charge >= 0.3 is 0 Å². The molecular formula is C11H19BrN2O2S2. The third kappa shape index (κ3) is 4.31. The lowest BCUT2D eigenvalue weighted by molar-refractivity contribution is 0.534. The highest BCUT2D eigenvalue weighted by Gasteiger charge is 2.22. The fourth-order valence-corrected chi connectivity index (χ4v) is 5.42. The molecule has 0 amide bonds. The number of halogens is 1. The molecule has 104 valence electrons. The molecule has 0 aliphatic heterocycles. The first-order valence-electron chi connectivity index (χ1n) is 5.91. The highest BCUT2D eigenvalue weighted by atomic mass is 79.9. The molecule has 0 aliphatic carbocycles. The summed E-state index contributed by atoms with van der Waals surface area (Å²) in [5, 5.41) is 0. The van der Waals surface area contributed by atoms with Crippen molar-refractivity contribution >= 4 is 37.3 Å². The van der Waals surface area contributed by atoms with Crippen molar-refractivity contribution in [1.29, 1.82) is 0 Å². The van der Waals surface area contributed by atoms with Crippen molar-refractivity contribution < 1.29 is 8.42 Å². The number of hydrogen-bond donors (Lipinski definition) is 2. The van der Waals surface area contributed by atoms with Crippen LogP contribution in [-0.2, 0) is 16.6 Å². The van der Waals surface area contributed by atoms with Crippen LogP contribution in [0, 0.1) is 0 Å². The predicted molar refractivity (Wildman–Crippen MR) is 79.2 cm³/mol. The van der Waals surface area contributed by atoms with E-state index in [4.69, 9.17) is 5.73 Å². The van der Waals surface area contributed by atoms with E-state index in [1.165, 1.54) is 11.3 Å². The molecule has 1 atom stereocenters. The van der Waals surface area contributed by atoms with Crippen molar-refractivity contribution in [3.63, 3.8) is 0 Å². The number of unbranched alkanes of at least 4 members (excludes halogenated alkanes) is 1. The second kappa shape index (κ2) is 7.00. The van der Waals surface area contributed by atoms with E-state index < -0.39 is 10.0 Å². The molecular weight excluding hydrogens is 336 g/mol. The maximum atomic E-state index is 12.2. The van der Waals surface area contributed by atoms with Gasteiger partial charge in [0.2, 0.25) is 10.0 Å². The summed E-state index contributed by atoms with van der Waals surface area (Å²) >= 11 is 4.64. The van der Waals surface area contributed by atoms with E-state index in [0.29, 0.717) is 10.3 Å². The van der Waals surface area contributed by atoms with Crippen molar-refractivity contribution in [2.75, 3.05) is 0 Å². The third-order valence-electron chi connectivity index (χ3n) is 2.54. The van der Waals surface area contributed by atoms with Crippen LogP contribution in [0.1, 0.15) is 38.0 Å². The van der Waals surface area contributed by atoms with E-state index in [-0.39, 0.29) is 10.9 Å². The molecule has 1 aromatic rings. The molecule has 0 aromatic carbocycles. The molecule has 1 aromatic heterocycles. The topological polar surface area (TPSA) is 72.2 Å². The highest BCUT2D eigenvalue weighted by Crippen LogP contribution is 2.31. The van der Waals surface area contributed by atoms with Crippen LogP contribution in [0.3, 0.4) is 0 Å². The van der Waals surface area contributed by atoms with E-state index in [0.717, 1.165) is 24.1 Å². The van der Waals surface area contributed by atoms with Crippen molar-refractivity contribution in [3.8, 4) is 0 Å². The van der Waals surface area contributed by atoms with E-state index in [2.05, 4.69) is 27.6 Å². The van der Waals surface area contributed by atoms with Gasteiger partial charge in [0.05, 0.1) is 3.79 Å². The lowest BCUT2D eigenvalue weighted by Gasteiger charge is -2.13. The van der Waals surface area contributed by atoms with Crippen LogP contribution in [0.4, 0.5) is 0 Å². The van der Waals surface area contributed by atoms with Gasteiger partial charge in [-0.1, -0.05) is 19.8 Å². The quantitative estimate of drug-likeness (QED) is 0.790. The first kappa shape index (κ1) is 16.1. The molecule has 1 heterocycles. The molecule has 18 heavy (non-hydrogen) atoms. The molecule has 1 rings (SSSR count). The molecule has 1 unspecified atom stereocenters. The fraction of sp³-hybridized carbons (Fsp3) is 0.636. The average Bonchev–Trinajstić information content (AvgIpc) is 2.68. The average molecular weight is 355 g/mol. The second-order valence-corrected chi connectivity index (χ2v) is 8.36. The van der Waals surface area contributed by atoms with Gasteiger partial charge in [0.15, 0.2) is 0 Å². The second-order valence-electron chi connectivity index (χ2n) is 4.22. The molecule has 0 bridgehead atoms. The molecule has 4 nitrogen and oxygen atoms in total.